The number of benzene rings is 1. The Labute approximate surface area is 190 Å². The maximum Gasteiger partial charge on any atom is 0.264 e. The molecule has 3 aliphatic heterocycles. The van der Waals surface area contributed by atoms with Gasteiger partial charge in [-0.05, 0) is 49.8 Å². The summed E-state index contributed by atoms with van der Waals surface area (Å²) in [4.78, 5) is 28.4. The SMILES string of the molecule is O=c1[nH]c(N2CCC3(CC2)CNC3)nc(NC2CCCNC2)c1-c1nc2ccccc2s1. The van der Waals surface area contributed by atoms with Crippen molar-refractivity contribution >= 4 is 33.3 Å². The number of rotatable bonds is 4. The lowest BCUT2D eigenvalue weighted by Crippen LogP contribution is -2.58. The molecule has 1 aromatic carbocycles. The van der Waals surface area contributed by atoms with Gasteiger partial charge in [-0.1, -0.05) is 12.1 Å². The summed E-state index contributed by atoms with van der Waals surface area (Å²) in [5, 5.41) is 11.2. The molecule has 32 heavy (non-hydrogen) atoms. The first-order chi connectivity index (χ1) is 15.7. The maximum atomic E-state index is 13.4. The summed E-state index contributed by atoms with van der Waals surface area (Å²) < 4.78 is 1.08. The molecule has 9 heteroatoms. The normalized spacial score (nSPS) is 22.8. The highest BCUT2D eigenvalue weighted by Crippen LogP contribution is 2.37. The summed E-state index contributed by atoms with van der Waals surface area (Å²) in [6, 6.07) is 8.27. The molecular weight excluding hydrogens is 422 g/mol. The van der Waals surface area contributed by atoms with Crippen LogP contribution in [0.1, 0.15) is 25.7 Å². The van der Waals surface area contributed by atoms with Crippen LogP contribution in [0, 0.1) is 5.41 Å². The number of aromatic nitrogens is 3. The summed E-state index contributed by atoms with van der Waals surface area (Å²) in [7, 11) is 0. The van der Waals surface area contributed by atoms with Gasteiger partial charge in [-0.15, -0.1) is 11.3 Å². The van der Waals surface area contributed by atoms with Gasteiger partial charge in [0.2, 0.25) is 5.95 Å². The molecule has 1 atom stereocenters. The number of anilines is 2. The number of aromatic amines is 1. The van der Waals surface area contributed by atoms with Gasteiger partial charge in [0.05, 0.1) is 10.2 Å². The number of para-hydroxylation sites is 1. The number of nitrogens with one attached hydrogen (secondary N) is 4. The number of H-pyrrole nitrogens is 1. The van der Waals surface area contributed by atoms with Crippen LogP contribution in [-0.2, 0) is 0 Å². The van der Waals surface area contributed by atoms with Crippen LogP contribution in [0.4, 0.5) is 11.8 Å². The Kier molecular flexibility index (Phi) is 5.12. The molecular formula is C23H29N7OS. The van der Waals surface area contributed by atoms with Crippen molar-refractivity contribution in [2.75, 3.05) is 49.5 Å². The topological polar surface area (TPSA) is 98.0 Å². The van der Waals surface area contributed by atoms with E-state index in [2.05, 4.69) is 25.8 Å². The highest BCUT2D eigenvalue weighted by Gasteiger charge is 2.40. The van der Waals surface area contributed by atoms with Crippen molar-refractivity contribution in [2.24, 2.45) is 5.41 Å². The van der Waals surface area contributed by atoms with Gasteiger partial charge in [0.1, 0.15) is 16.4 Å². The molecule has 0 radical (unpaired) electrons. The zero-order chi connectivity index (χ0) is 21.5. The van der Waals surface area contributed by atoms with Gasteiger partial charge in [0.15, 0.2) is 0 Å². The van der Waals surface area contributed by atoms with Gasteiger partial charge >= 0.3 is 0 Å². The summed E-state index contributed by atoms with van der Waals surface area (Å²) in [5.74, 6) is 1.33. The molecule has 4 N–H and O–H groups in total. The average Bonchev–Trinajstić information content (AvgIpc) is 3.22. The van der Waals surface area contributed by atoms with Gasteiger partial charge in [0.25, 0.3) is 5.56 Å². The van der Waals surface area contributed by atoms with Crippen LogP contribution in [0.25, 0.3) is 20.8 Å². The molecule has 0 amide bonds. The van der Waals surface area contributed by atoms with Gasteiger partial charge in [-0.3, -0.25) is 9.78 Å². The molecule has 0 aliphatic carbocycles. The number of hydrogen-bond acceptors (Lipinski definition) is 8. The van der Waals surface area contributed by atoms with E-state index in [1.165, 1.54) is 0 Å². The van der Waals surface area contributed by atoms with Crippen molar-refractivity contribution in [1.82, 2.24) is 25.6 Å². The summed E-state index contributed by atoms with van der Waals surface area (Å²) in [6.07, 6.45) is 4.46. The Morgan fingerprint density at radius 2 is 1.97 bits per heavy atom. The van der Waals surface area contributed by atoms with E-state index in [0.717, 1.165) is 80.2 Å². The molecule has 6 rings (SSSR count). The third kappa shape index (κ3) is 3.68. The van der Waals surface area contributed by atoms with Gasteiger partial charge in [0, 0.05) is 38.8 Å². The quantitative estimate of drug-likeness (QED) is 0.484. The van der Waals surface area contributed by atoms with Gasteiger partial charge in [-0.2, -0.15) is 4.98 Å². The van der Waals surface area contributed by atoms with Gasteiger partial charge < -0.3 is 20.9 Å². The van der Waals surface area contributed by atoms with Crippen molar-refractivity contribution in [1.29, 1.82) is 0 Å². The third-order valence-electron chi connectivity index (χ3n) is 7.18. The smallest absolute Gasteiger partial charge is 0.264 e. The highest BCUT2D eigenvalue weighted by molar-refractivity contribution is 7.21. The lowest BCUT2D eigenvalue weighted by Gasteiger charge is -2.48. The van der Waals surface area contributed by atoms with E-state index < -0.39 is 0 Å². The van der Waals surface area contributed by atoms with E-state index in [-0.39, 0.29) is 11.6 Å². The monoisotopic (exact) mass is 451 g/mol. The molecule has 3 aromatic rings. The van der Waals surface area contributed by atoms with Crippen molar-refractivity contribution in [3.8, 4) is 10.6 Å². The second-order valence-electron chi connectivity index (χ2n) is 9.38. The number of thiazole rings is 1. The number of fused-ring (bicyclic) bond motifs is 1. The Bertz CT molecular complexity index is 1140. The molecule has 2 aromatic heterocycles. The first-order valence-electron chi connectivity index (χ1n) is 11.6. The van der Waals surface area contributed by atoms with Crippen LogP contribution in [0.15, 0.2) is 29.1 Å². The van der Waals surface area contributed by atoms with Crippen molar-refractivity contribution in [3.63, 3.8) is 0 Å². The Morgan fingerprint density at radius 1 is 1.12 bits per heavy atom. The first kappa shape index (κ1) is 20.1. The average molecular weight is 452 g/mol. The minimum absolute atomic E-state index is 0.120. The third-order valence-corrected chi connectivity index (χ3v) is 8.23. The summed E-state index contributed by atoms with van der Waals surface area (Å²) >= 11 is 1.55. The fraction of sp³-hybridized carbons (Fsp3) is 0.522. The Hall–Kier alpha value is -2.49. The largest absolute Gasteiger partial charge is 0.365 e. The Balaban J connectivity index is 1.37. The van der Waals surface area contributed by atoms with Crippen LogP contribution in [0.3, 0.4) is 0 Å². The molecule has 0 saturated carbocycles. The summed E-state index contributed by atoms with van der Waals surface area (Å²) in [6.45, 7) is 6.00. The first-order valence-corrected chi connectivity index (χ1v) is 12.4. The molecule has 3 fully saturated rings. The zero-order valence-corrected chi connectivity index (χ0v) is 18.9. The minimum atomic E-state index is -0.120. The lowest BCUT2D eigenvalue weighted by molar-refractivity contribution is 0.126. The Morgan fingerprint density at radius 3 is 2.69 bits per heavy atom. The van der Waals surface area contributed by atoms with E-state index in [0.29, 0.717) is 22.7 Å². The number of nitrogens with zero attached hydrogens (tertiary/aromatic N) is 3. The second kappa shape index (κ2) is 8.13. The second-order valence-corrected chi connectivity index (χ2v) is 10.4. The number of hydrogen-bond donors (Lipinski definition) is 4. The highest BCUT2D eigenvalue weighted by atomic mass is 32.1. The lowest BCUT2D eigenvalue weighted by atomic mass is 9.73. The molecule has 0 bridgehead atoms. The standard InChI is InChI=1S/C23H29N7OS/c31-20-18(21-27-16-5-1-2-6-17(16)32-21)19(26-15-4-3-9-24-12-15)28-22(29-20)30-10-7-23(8-11-30)13-25-14-23/h1-2,5-6,15,24-25H,3-4,7-14H2,(H2,26,28,29,31). The van der Waals surface area contributed by atoms with E-state index in [9.17, 15) is 4.79 Å². The van der Waals surface area contributed by atoms with E-state index in [1.54, 1.807) is 11.3 Å². The van der Waals surface area contributed by atoms with E-state index in [4.69, 9.17) is 9.97 Å². The molecule has 168 valence electrons. The number of piperidine rings is 2. The maximum absolute atomic E-state index is 13.4. The molecule has 3 aliphatic rings. The van der Waals surface area contributed by atoms with Crippen LogP contribution in [0.2, 0.25) is 0 Å². The molecule has 1 unspecified atom stereocenters. The fourth-order valence-electron chi connectivity index (χ4n) is 5.09. The van der Waals surface area contributed by atoms with Crippen molar-refractivity contribution < 1.29 is 0 Å². The van der Waals surface area contributed by atoms with E-state index >= 15 is 0 Å². The predicted molar refractivity (Wildman–Crippen MR) is 130 cm³/mol. The van der Waals surface area contributed by atoms with Crippen LogP contribution in [0.5, 0.6) is 0 Å². The molecule has 8 nitrogen and oxygen atoms in total. The minimum Gasteiger partial charge on any atom is -0.365 e. The van der Waals surface area contributed by atoms with Crippen molar-refractivity contribution in [3.05, 3.63) is 34.6 Å². The molecule has 3 saturated heterocycles. The van der Waals surface area contributed by atoms with Crippen LogP contribution >= 0.6 is 11.3 Å². The van der Waals surface area contributed by atoms with Crippen LogP contribution in [-0.4, -0.2) is 60.3 Å². The predicted octanol–water partition coefficient (Wildman–Crippen LogP) is 2.40. The van der Waals surface area contributed by atoms with E-state index in [1.807, 2.05) is 24.3 Å². The van der Waals surface area contributed by atoms with Gasteiger partial charge in [-0.25, -0.2) is 4.98 Å². The molecule has 5 heterocycles. The fourth-order valence-corrected chi connectivity index (χ4v) is 6.10. The zero-order valence-electron chi connectivity index (χ0n) is 18.1. The van der Waals surface area contributed by atoms with Crippen molar-refractivity contribution in [2.45, 2.75) is 31.7 Å². The molecule has 1 spiro atoms. The summed E-state index contributed by atoms with van der Waals surface area (Å²) in [5.41, 5.74) is 1.80. The van der Waals surface area contributed by atoms with Crippen LogP contribution < -0.4 is 26.4 Å².